The molecule has 0 unspecified atom stereocenters. The maximum Gasteiger partial charge on any atom is 0.339 e. The third-order valence-corrected chi connectivity index (χ3v) is 3.14. The Morgan fingerprint density at radius 3 is 2.76 bits per heavy atom. The minimum Gasteiger partial charge on any atom is -0.478 e. The Morgan fingerprint density at radius 2 is 1.95 bits per heavy atom. The molecule has 0 saturated carbocycles. The molecule has 0 bridgehead atoms. The van der Waals surface area contributed by atoms with Crippen LogP contribution in [0.25, 0.3) is 10.9 Å². The van der Waals surface area contributed by atoms with Crippen molar-refractivity contribution >= 4 is 28.2 Å². The van der Waals surface area contributed by atoms with E-state index in [4.69, 9.17) is 0 Å². The summed E-state index contributed by atoms with van der Waals surface area (Å²) in [5.74, 6) is -1.02. The lowest BCUT2D eigenvalue weighted by Gasteiger charge is -2.10. The van der Waals surface area contributed by atoms with Crippen molar-refractivity contribution in [3.63, 3.8) is 0 Å². The highest BCUT2D eigenvalue weighted by atomic mass is 16.4. The number of hydrogen-bond acceptors (Lipinski definition) is 4. The number of anilines is 2. The number of carboxylic acid groups (broad SMARTS) is 1. The summed E-state index contributed by atoms with van der Waals surface area (Å²) in [6.07, 6.45) is 3.04. The van der Waals surface area contributed by atoms with Gasteiger partial charge in [0, 0.05) is 17.3 Å². The summed E-state index contributed by atoms with van der Waals surface area (Å²) >= 11 is 0. The molecule has 0 atom stereocenters. The second kappa shape index (κ2) is 5.20. The zero-order valence-electron chi connectivity index (χ0n) is 11.4. The first kappa shape index (κ1) is 13.1. The van der Waals surface area contributed by atoms with Crippen LogP contribution in [0.3, 0.4) is 0 Å². The standard InChI is InChI=1S/C16H13N3O2/c1-10-6-15(13(9-17-10)16(20)21)19-12-7-11-4-2-3-5-14(11)18-8-12/h2-9H,1H3,(H,17,19)(H,20,21). The summed E-state index contributed by atoms with van der Waals surface area (Å²) in [5.41, 5.74) is 3.02. The molecule has 104 valence electrons. The summed E-state index contributed by atoms with van der Waals surface area (Å²) in [6.45, 7) is 1.81. The molecule has 0 aliphatic heterocycles. The van der Waals surface area contributed by atoms with E-state index >= 15 is 0 Å². The monoisotopic (exact) mass is 279 g/mol. The van der Waals surface area contributed by atoms with E-state index in [0.717, 1.165) is 22.3 Å². The zero-order valence-corrected chi connectivity index (χ0v) is 11.4. The largest absolute Gasteiger partial charge is 0.478 e. The molecule has 0 amide bonds. The van der Waals surface area contributed by atoms with Crippen molar-refractivity contribution in [2.45, 2.75) is 6.92 Å². The van der Waals surface area contributed by atoms with Crippen LogP contribution in [0.5, 0.6) is 0 Å². The number of aromatic carboxylic acids is 1. The number of para-hydroxylation sites is 1. The Kier molecular flexibility index (Phi) is 3.23. The second-order valence-corrected chi connectivity index (χ2v) is 4.72. The van der Waals surface area contributed by atoms with Crippen molar-refractivity contribution in [3.05, 3.63) is 60.0 Å². The molecule has 0 aliphatic carbocycles. The smallest absolute Gasteiger partial charge is 0.339 e. The lowest BCUT2D eigenvalue weighted by molar-refractivity contribution is 0.0697. The Hall–Kier alpha value is -2.95. The zero-order chi connectivity index (χ0) is 14.8. The van der Waals surface area contributed by atoms with Gasteiger partial charge in [0.05, 0.1) is 23.1 Å². The average molecular weight is 279 g/mol. The van der Waals surface area contributed by atoms with Gasteiger partial charge >= 0.3 is 5.97 Å². The molecule has 0 saturated heterocycles. The summed E-state index contributed by atoms with van der Waals surface area (Å²) in [6, 6.07) is 11.4. The first-order valence-corrected chi connectivity index (χ1v) is 6.45. The molecule has 3 rings (SSSR count). The van der Waals surface area contributed by atoms with Crippen molar-refractivity contribution in [1.29, 1.82) is 0 Å². The lowest BCUT2D eigenvalue weighted by atomic mass is 10.2. The molecule has 1 aromatic carbocycles. The van der Waals surface area contributed by atoms with Gasteiger partial charge in [0.1, 0.15) is 5.56 Å². The number of fused-ring (bicyclic) bond motifs is 1. The maximum atomic E-state index is 11.2. The van der Waals surface area contributed by atoms with E-state index in [1.54, 1.807) is 12.3 Å². The van der Waals surface area contributed by atoms with Gasteiger partial charge in [0.2, 0.25) is 0 Å². The van der Waals surface area contributed by atoms with E-state index in [-0.39, 0.29) is 5.56 Å². The van der Waals surface area contributed by atoms with Gasteiger partial charge in [0.15, 0.2) is 0 Å². The number of carbonyl (C=O) groups is 1. The molecule has 5 nitrogen and oxygen atoms in total. The number of benzene rings is 1. The molecule has 2 N–H and O–H groups in total. The molecule has 21 heavy (non-hydrogen) atoms. The summed E-state index contributed by atoms with van der Waals surface area (Å²) in [7, 11) is 0. The Labute approximate surface area is 121 Å². The van der Waals surface area contributed by atoms with Gasteiger partial charge in [-0.3, -0.25) is 9.97 Å². The van der Waals surface area contributed by atoms with Gasteiger partial charge in [-0.2, -0.15) is 0 Å². The first-order valence-electron chi connectivity index (χ1n) is 6.45. The average Bonchev–Trinajstić information content (AvgIpc) is 2.47. The number of rotatable bonds is 3. The van der Waals surface area contributed by atoms with Crippen molar-refractivity contribution < 1.29 is 9.90 Å². The quantitative estimate of drug-likeness (QED) is 0.768. The minimum atomic E-state index is -1.02. The van der Waals surface area contributed by atoms with Gasteiger partial charge in [-0.15, -0.1) is 0 Å². The fraction of sp³-hybridized carbons (Fsp3) is 0.0625. The number of pyridine rings is 2. The highest BCUT2D eigenvalue weighted by Crippen LogP contribution is 2.23. The van der Waals surface area contributed by atoms with Crippen LogP contribution in [0.2, 0.25) is 0 Å². The first-order chi connectivity index (χ1) is 10.1. The van der Waals surface area contributed by atoms with Crippen LogP contribution in [0, 0.1) is 6.92 Å². The predicted octanol–water partition coefficient (Wildman–Crippen LogP) is 3.38. The number of hydrogen-bond donors (Lipinski definition) is 2. The molecule has 0 radical (unpaired) electrons. The van der Waals surface area contributed by atoms with E-state index in [2.05, 4.69) is 15.3 Å². The van der Waals surface area contributed by atoms with Crippen LogP contribution in [-0.2, 0) is 0 Å². The van der Waals surface area contributed by atoms with Crippen LogP contribution >= 0.6 is 0 Å². The number of nitrogens with one attached hydrogen (secondary N) is 1. The topological polar surface area (TPSA) is 75.1 Å². The van der Waals surface area contributed by atoms with Gasteiger partial charge in [-0.25, -0.2) is 4.79 Å². The lowest BCUT2D eigenvalue weighted by Crippen LogP contribution is -2.04. The fourth-order valence-corrected chi connectivity index (χ4v) is 2.13. The van der Waals surface area contributed by atoms with E-state index in [9.17, 15) is 9.90 Å². The summed E-state index contributed by atoms with van der Waals surface area (Å²) in [4.78, 5) is 19.6. The van der Waals surface area contributed by atoms with Crippen LogP contribution < -0.4 is 5.32 Å². The van der Waals surface area contributed by atoms with E-state index < -0.39 is 5.97 Å². The molecule has 0 spiro atoms. The van der Waals surface area contributed by atoms with Gasteiger partial charge in [0.25, 0.3) is 0 Å². The Balaban J connectivity index is 2.02. The van der Waals surface area contributed by atoms with Gasteiger partial charge in [-0.05, 0) is 25.1 Å². The molecule has 0 aliphatic rings. The third kappa shape index (κ3) is 2.67. The minimum absolute atomic E-state index is 0.133. The van der Waals surface area contributed by atoms with Crippen molar-refractivity contribution in [1.82, 2.24) is 9.97 Å². The molecule has 5 heteroatoms. The maximum absolute atomic E-state index is 11.2. The van der Waals surface area contributed by atoms with Crippen molar-refractivity contribution in [2.75, 3.05) is 5.32 Å². The fourth-order valence-electron chi connectivity index (χ4n) is 2.13. The molecule has 2 aromatic heterocycles. The molecule has 0 fully saturated rings. The summed E-state index contributed by atoms with van der Waals surface area (Å²) in [5, 5.41) is 13.3. The van der Waals surface area contributed by atoms with E-state index in [0.29, 0.717) is 5.69 Å². The third-order valence-electron chi connectivity index (χ3n) is 3.14. The summed E-state index contributed by atoms with van der Waals surface area (Å²) < 4.78 is 0. The van der Waals surface area contributed by atoms with Crippen LogP contribution in [0.4, 0.5) is 11.4 Å². The highest BCUT2D eigenvalue weighted by molar-refractivity contribution is 5.95. The Morgan fingerprint density at radius 1 is 1.14 bits per heavy atom. The van der Waals surface area contributed by atoms with Crippen LogP contribution in [0.1, 0.15) is 16.1 Å². The normalized spacial score (nSPS) is 10.5. The van der Waals surface area contributed by atoms with Gasteiger partial charge < -0.3 is 10.4 Å². The molecule has 3 aromatic rings. The predicted molar refractivity (Wildman–Crippen MR) is 81.0 cm³/mol. The van der Waals surface area contributed by atoms with Gasteiger partial charge in [-0.1, -0.05) is 18.2 Å². The van der Waals surface area contributed by atoms with Crippen molar-refractivity contribution in [2.24, 2.45) is 0 Å². The SMILES string of the molecule is Cc1cc(Nc2cnc3ccccc3c2)c(C(=O)O)cn1. The Bertz CT molecular complexity index is 831. The molecular formula is C16H13N3O2. The highest BCUT2D eigenvalue weighted by Gasteiger charge is 2.11. The van der Waals surface area contributed by atoms with E-state index in [1.165, 1.54) is 6.20 Å². The number of carboxylic acids is 1. The van der Waals surface area contributed by atoms with Crippen LogP contribution in [-0.4, -0.2) is 21.0 Å². The van der Waals surface area contributed by atoms with Crippen molar-refractivity contribution in [3.8, 4) is 0 Å². The molecule has 2 heterocycles. The second-order valence-electron chi connectivity index (χ2n) is 4.72. The molecular weight excluding hydrogens is 266 g/mol. The number of aryl methyl sites for hydroxylation is 1. The number of aromatic nitrogens is 2. The number of nitrogens with zero attached hydrogens (tertiary/aromatic N) is 2. The van der Waals surface area contributed by atoms with E-state index in [1.807, 2.05) is 37.3 Å². The van der Waals surface area contributed by atoms with Crippen LogP contribution in [0.15, 0.2) is 48.8 Å².